The van der Waals surface area contributed by atoms with Gasteiger partial charge in [0.15, 0.2) is 0 Å². The van der Waals surface area contributed by atoms with E-state index in [1.165, 1.54) is 17.5 Å². The maximum Gasteiger partial charge on any atom is 0.123 e. The van der Waals surface area contributed by atoms with Crippen LogP contribution in [0.2, 0.25) is 0 Å². The molecule has 2 rings (SSSR count). The van der Waals surface area contributed by atoms with E-state index < -0.39 is 0 Å². The van der Waals surface area contributed by atoms with E-state index in [4.69, 9.17) is 4.74 Å². The second-order valence-electron chi connectivity index (χ2n) is 4.37. The van der Waals surface area contributed by atoms with Crippen LogP contribution in [0.3, 0.4) is 0 Å². The molecule has 0 saturated carbocycles. The van der Waals surface area contributed by atoms with Crippen LogP contribution in [0.1, 0.15) is 37.4 Å². The summed E-state index contributed by atoms with van der Waals surface area (Å²) < 4.78 is 5.82. The first-order valence-corrected chi connectivity index (χ1v) is 5.68. The SMILES string of the molecule is CNC1CCc2c(OC(C)C)cccc21. The Labute approximate surface area is 91.6 Å². The summed E-state index contributed by atoms with van der Waals surface area (Å²) >= 11 is 0. The molecule has 2 nitrogen and oxygen atoms in total. The van der Waals surface area contributed by atoms with Gasteiger partial charge in [0, 0.05) is 6.04 Å². The molecule has 82 valence electrons. The van der Waals surface area contributed by atoms with Crippen LogP contribution in [0.4, 0.5) is 0 Å². The van der Waals surface area contributed by atoms with Gasteiger partial charge in [-0.15, -0.1) is 0 Å². The highest BCUT2D eigenvalue weighted by molar-refractivity contribution is 5.45. The molecule has 0 amide bonds. The number of fused-ring (bicyclic) bond motifs is 1. The Bertz CT molecular complexity index is 346. The van der Waals surface area contributed by atoms with E-state index in [2.05, 4.69) is 37.4 Å². The molecule has 2 heteroatoms. The standard InChI is InChI=1S/C13H19NO/c1-9(2)15-13-6-4-5-10-11(13)7-8-12(10)14-3/h4-6,9,12,14H,7-8H2,1-3H3. The molecule has 1 N–H and O–H groups in total. The molecular weight excluding hydrogens is 186 g/mol. The molecule has 0 heterocycles. The Kier molecular flexibility index (Phi) is 2.96. The lowest BCUT2D eigenvalue weighted by Crippen LogP contribution is -2.13. The summed E-state index contributed by atoms with van der Waals surface area (Å²) in [5.74, 6) is 1.07. The number of benzene rings is 1. The summed E-state index contributed by atoms with van der Waals surface area (Å²) in [5, 5.41) is 3.35. The third-order valence-electron chi connectivity index (χ3n) is 2.94. The fourth-order valence-corrected chi connectivity index (χ4v) is 2.28. The van der Waals surface area contributed by atoms with Gasteiger partial charge in [0.1, 0.15) is 5.75 Å². The minimum Gasteiger partial charge on any atom is -0.491 e. The van der Waals surface area contributed by atoms with Gasteiger partial charge in [-0.05, 0) is 50.9 Å². The van der Waals surface area contributed by atoms with Crippen molar-refractivity contribution in [3.63, 3.8) is 0 Å². The lowest BCUT2D eigenvalue weighted by atomic mass is 10.1. The molecular formula is C13H19NO. The zero-order chi connectivity index (χ0) is 10.8. The zero-order valence-electron chi connectivity index (χ0n) is 9.71. The number of hydrogen-bond donors (Lipinski definition) is 1. The quantitative estimate of drug-likeness (QED) is 0.819. The topological polar surface area (TPSA) is 21.3 Å². The molecule has 1 atom stereocenters. The fourth-order valence-electron chi connectivity index (χ4n) is 2.28. The molecule has 1 aromatic carbocycles. The Morgan fingerprint density at radius 3 is 2.87 bits per heavy atom. The minimum absolute atomic E-state index is 0.255. The molecule has 0 spiro atoms. The van der Waals surface area contributed by atoms with E-state index in [9.17, 15) is 0 Å². The largest absolute Gasteiger partial charge is 0.491 e. The third kappa shape index (κ3) is 2.00. The summed E-state index contributed by atoms with van der Waals surface area (Å²) in [6, 6.07) is 6.88. The van der Waals surface area contributed by atoms with Crippen LogP contribution in [0.5, 0.6) is 5.75 Å². The van der Waals surface area contributed by atoms with Crippen molar-refractivity contribution in [2.75, 3.05) is 7.05 Å². The predicted octanol–water partition coefficient (Wildman–Crippen LogP) is 2.68. The van der Waals surface area contributed by atoms with Crippen LogP contribution >= 0.6 is 0 Å². The number of rotatable bonds is 3. The summed E-state index contributed by atoms with van der Waals surface area (Å²) in [6.07, 6.45) is 2.57. The summed E-state index contributed by atoms with van der Waals surface area (Å²) in [7, 11) is 2.02. The Morgan fingerprint density at radius 2 is 2.20 bits per heavy atom. The van der Waals surface area contributed by atoms with Crippen molar-refractivity contribution in [2.24, 2.45) is 0 Å². The van der Waals surface area contributed by atoms with Crippen molar-refractivity contribution in [1.29, 1.82) is 0 Å². The van der Waals surface area contributed by atoms with Gasteiger partial charge in [-0.2, -0.15) is 0 Å². The van der Waals surface area contributed by atoms with Gasteiger partial charge in [-0.25, -0.2) is 0 Å². The molecule has 1 unspecified atom stereocenters. The van der Waals surface area contributed by atoms with E-state index in [1.54, 1.807) is 0 Å². The molecule has 15 heavy (non-hydrogen) atoms. The number of hydrogen-bond acceptors (Lipinski definition) is 2. The van der Waals surface area contributed by atoms with E-state index in [1.807, 2.05) is 7.05 Å². The highest BCUT2D eigenvalue weighted by atomic mass is 16.5. The van der Waals surface area contributed by atoms with Crippen molar-refractivity contribution >= 4 is 0 Å². The van der Waals surface area contributed by atoms with Gasteiger partial charge in [-0.3, -0.25) is 0 Å². The molecule has 0 saturated heterocycles. The highest BCUT2D eigenvalue weighted by Gasteiger charge is 2.23. The Hall–Kier alpha value is -1.02. The first kappa shape index (κ1) is 10.5. The van der Waals surface area contributed by atoms with Crippen LogP contribution in [-0.2, 0) is 6.42 Å². The third-order valence-corrected chi connectivity index (χ3v) is 2.94. The molecule has 0 aromatic heterocycles. The fraction of sp³-hybridized carbons (Fsp3) is 0.538. The van der Waals surface area contributed by atoms with E-state index in [0.717, 1.165) is 12.2 Å². The Balaban J connectivity index is 2.31. The second kappa shape index (κ2) is 4.23. The zero-order valence-corrected chi connectivity index (χ0v) is 9.71. The first-order valence-electron chi connectivity index (χ1n) is 5.68. The van der Waals surface area contributed by atoms with Crippen LogP contribution in [-0.4, -0.2) is 13.2 Å². The van der Waals surface area contributed by atoms with Crippen molar-refractivity contribution in [1.82, 2.24) is 5.32 Å². The number of ether oxygens (including phenoxy) is 1. The smallest absolute Gasteiger partial charge is 0.123 e. The van der Waals surface area contributed by atoms with E-state index in [0.29, 0.717) is 6.04 Å². The first-order chi connectivity index (χ1) is 7.22. The van der Waals surface area contributed by atoms with Gasteiger partial charge in [0.25, 0.3) is 0 Å². The normalized spacial score (nSPS) is 19.3. The molecule has 1 aliphatic carbocycles. The summed E-state index contributed by atoms with van der Waals surface area (Å²) in [6.45, 7) is 4.15. The summed E-state index contributed by atoms with van der Waals surface area (Å²) in [5.41, 5.74) is 2.81. The van der Waals surface area contributed by atoms with E-state index in [-0.39, 0.29) is 6.10 Å². The minimum atomic E-state index is 0.255. The predicted molar refractivity (Wildman–Crippen MR) is 62.3 cm³/mol. The van der Waals surface area contributed by atoms with Gasteiger partial charge < -0.3 is 10.1 Å². The van der Waals surface area contributed by atoms with Crippen molar-refractivity contribution < 1.29 is 4.74 Å². The van der Waals surface area contributed by atoms with Crippen molar-refractivity contribution in [3.05, 3.63) is 29.3 Å². The maximum absolute atomic E-state index is 5.82. The van der Waals surface area contributed by atoms with Crippen LogP contribution in [0.25, 0.3) is 0 Å². The molecule has 0 aliphatic heterocycles. The summed E-state index contributed by atoms with van der Waals surface area (Å²) in [4.78, 5) is 0. The van der Waals surface area contributed by atoms with Crippen molar-refractivity contribution in [2.45, 2.75) is 38.8 Å². The molecule has 1 aromatic rings. The molecule has 0 radical (unpaired) electrons. The van der Waals surface area contributed by atoms with Gasteiger partial charge in [-0.1, -0.05) is 12.1 Å². The lowest BCUT2D eigenvalue weighted by molar-refractivity contribution is 0.240. The molecule has 1 aliphatic rings. The molecule has 0 fully saturated rings. The average Bonchev–Trinajstić information content (AvgIpc) is 2.61. The van der Waals surface area contributed by atoms with Crippen LogP contribution < -0.4 is 10.1 Å². The van der Waals surface area contributed by atoms with Gasteiger partial charge >= 0.3 is 0 Å². The van der Waals surface area contributed by atoms with Crippen molar-refractivity contribution in [3.8, 4) is 5.75 Å². The van der Waals surface area contributed by atoms with Crippen LogP contribution in [0.15, 0.2) is 18.2 Å². The lowest BCUT2D eigenvalue weighted by Gasteiger charge is -2.15. The van der Waals surface area contributed by atoms with Gasteiger partial charge in [0.2, 0.25) is 0 Å². The average molecular weight is 205 g/mol. The Morgan fingerprint density at radius 1 is 1.40 bits per heavy atom. The highest BCUT2D eigenvalue weighted by Crippen LogP contribution is 2.36. The molecule has 0 bridgehead atoms. The monoisotopic (exact) mass is 205 g/mol. The second-order valence-corrected chi connectivity index (χ2v) is 4.37. The number of nitrogens with one attached hydrogen (secondary N) is 1. The van der Waals surface area contributed by atoms with Crippen LogP contribution in [0, 0.1) is 0 Å². The van der Waals surface area contributed by atoms with Gasteiger partial charge in [0.05, 0.1) is 6.10 Å². The van der Waals surface area contributed by atoms with E-state index >= 15 is 0 Å². The maximum atomic E-state index is 5.82.